The number of rotatable bonds is 4. The van der Waals surface area contributed by atoms with Crippen molar-refractivity contribution < 1.29 is 4.79 Å². The van der Waals surface area contributed by atoms with Gasteiger partial charge in [0, 0.05) is 23.5 Å². The minimum absolute atomic E-state index is 0.0613. The summed E-state index contributed by atoms with van der Waals surface area (Å²) >= 11 is 0. The van der Waals surface area contributed by atoms with Gasteiger partial charge in [-0.3, -0.25) is 9.78 Å². The van der Waals surface area contributed by atoms with Crippen molar-refractivity contribution >= 4 is 11.6 Å². The molecule has 2 aromatic rings. The predicted octanol–water partition coefficient (Wildman–Crippen LogP) is 2.78. The lowest BCUT2D eigenvalue weighted by Crippen LogP contribution is -2.33. The number of carbonyl (C=O) groups excluding carboxylic acids is 1. The molecule has 0 unspecified atom stereocenters. The summed E-state index contributed by atoms with van der Waals surface area (Å²) in [7, 11) is 0. The number of nitrogens with zero attached hydrogens (tertiary/aromatic N) is 2. The van der Waals surface area contributed by atoms with Crippen LogP contribution in [0.3, 0.4) is 0 Å². The Morgan fingerprint density at radius 1 is 1.33 bits per heavy atom. The maximum atomic E-state index is 12.8. The summed E-state index contributed by atoms with van der Waals surface area (Å²) in [5.41, 5.74) is 9.10. The second-order valence-corrected chi connectivity index (χ2v) is 5.56. The van der Waals surface area contributed by atoms with Crippen LogP contribution in [0.2, 0.25) is 0 Å². The van der Waals surface area contributed by atoms with Crippen molar-refractivity contribution in [3.8, 4) is 0 Å². The fraction of sp³-hybridized carbons (Fsp3) is 0.294. The summed E-state index contributed by atoms with van der Waals surface area (Å²) in [6.45, 7) is 2.49. The third-order valence-corrected chi connectivity index (χ3v) is 3.82. The number of aryl methyl sites for hydroxylation is 1. The molecule has 4 heteroatoms. The fourth-order valence-electron chi connectivity index (χ4n) is 2.39. The van der Waals surface area contributed by atoms with Gasteiger partial charge < -0.3 is 10.6 Å². The van der Waals surface area contributed by atoms with Crippen LogP contribution >= 0.6 is 0 Å². The van der Waals surface area contributed by atoms with E-state index >= 15 is 0 Å². The summed E-state index contributed by atoms with van der Waals surface area (Å²) in [4.78, 5) is 19.0. The monoisotopic (exact) mass is 281 g/mol. The molecule has 1 saturated carbocycles. The Labute approximate surface area is 124 Å². The smallest absolute Gasteiger partial charge is 0.254 e. The lowest BCUT2D eigenvalue weighted by Gasteiger charge is -2.22. The number of hydrogen-bond donors (Lipinski definition) is 1. The Morgan fingerprint density at radius 2 is 2.14 bits per heavy atom. The maximum absolute atomic E-state index is 12.8. The molecule has 108 valence electrons. The van der Waals surface area contributed by atoms with E-state index in [-0.39, 0.29) is 5.91 Å². The van der Waals surface area contributed by atoms with Crippen LogP contribution in [0.1, 0.15) is 34.5 Å². The van der Waals surface area contributed by atoms with Crippen molar-refractivity contribution in [2.45, 2.75) is 32.4 Å². The van der Waals surface area contributed by atoms with Gasteiger partial charge in [-0.2, -0.15) is 0 Å². The van der Waals surface area contributed by atoms with Gasteiger partial charge in [-0.1, -0.05) is 6.07 Å². The first kappa shape index (κ1) is 13.6. The van der Waals surface area contributed by atoms with E-state index in [9.17, 15) is 4.79 Å². The van der Waals surface area contributed by atoms with Gasteiger partial charge in [0.2, 0.25) is 0 Å². The molecule has 1 amide bonds. The minimum Gasteiger partial charge on any atom is -0.399 e. The molecule has 0 spiro atoms. The highest BCUT2D eigenvalue weighted by molar-refractivity contribution is 5.95. The zero-order valence-electron chi connectivity index (χ0n) is 12.1. The van der Waals surface area contributed by atoms with Crippen molar-refractivity contribution in [3.05, 3.63) is 59.4 Å². The first-order valence-electron chi connectivity index (χ1n) is 7.22. The summed E-state index contributed by atoms with van der Waals surface area (Å²) in [6.07, 6.45) is 3.91. The highest BCUT2D eigenvalue weighted by atomic mass is 16.2. The molecule has 0 atom stereocenters. The third-order valence-electron chi connectivity index (χ3n) is 3.82. The Balaban J connectivity index is 1.83. The molecule has 1 heterocycles. The Kier molecular flexibility index (Phi) is 3.60. The van der Waals surface area contributed by atoms with E-state index < -0.39 is 0 Å². The van der Waals surface area contributed by atoms with Crippen LogP contribution in [-0.4, -0.2) is 21.8 Å². The van der Waals surface area contributed by atoms with Crippen molar-refractivity contribution in [3.63, 3.8) is 0 Å². The number of amides is 1. The van der Waals surface area contributed by atoms with E-state index in [1.165, 1.54) is 0 Å². The van der Waals surface area contributed by atoms with Gasteiger partial charge in [-0.05, 0) is 55.7 Å². The van der Waals surface area contributed by atoms with Gasteiger partial charge in [0.1, 0.15) is 0 Å². The number of anilines is 1. The van der Waals surface area contributed by atoms with Crippen molar-refractivity contribution in [2.24, 2.45) is 0 Å². The molecule has 1 aromatic carbocycles. The second-order valence-electron chi connectivity index (χ2n) is 5.56. The van der Waals surface area contributed by atoms with Gasteiger partial charge in [-0.15, -0.1) is 0 Å². The average Bonchev–Trinajstić information content (AvgIpc) is 3.33. The molecule has 0 aliphatic heterocycles. The number of nitrogens with two attached hydrogens (primary N) is 1. The van der Waals surface area contributed by atoms with E-state index in [4.69, 9.17) is 5.73 Å². The normalized spacial score (nSPS) is 14.0. The summed E-state index contributed by atoms with van der Waals surface area (Å²) < 4.78 is 0. The Morgan fingerprint density at radius 3 is 2.76 bits per heavy atom. The van der Waals surface area contributed by atoms with Crippen LogP contribution in [-0.2, 0) is 6.54 Å². The van der Waals surface area contributed by atoms with E-state index in [0.29, 0.717) is 23.8 Å². The number of benzene rings is 1. The van der Waals surface area contributed by atoms with E-state index in [1.807, 2.05) is 36.1 Å². The topological polar surface area (TPSA) is 59.2 Å². The van der Waals surface area contributed by atoms with Crippen LogP contribution < -0.4 is 5.73 Å². The molecule has 2 N–H and O–H groups in total. The highest BCUT2D eigenvalue weighted by Crippen LogP contribution is 2.30. The quantitative estimate of drug-likeness (QED) is 0.877. The first-order valence-corrected chi connectivity index (χ1v) is 7.22. The van der Waals surface area contributed by atoms with E-state index in [1.54, 1.807) is 18.3 Å². The molecule has 1 fully saturated rings. The van der Waals surface area contributed by atoms with Crippen LogP contribution in [0.25, 0.3) is 0 Å². The molecule has 0 saturated heterocycles. The standard InChI is InChI=1S/C17H19N3O/c1-12-10-13(5-8-16(12)18)17(21)20(15-6-7-15)11-14-4-2-3-9-19-14/h2-5,8-10,15H,6-7,11,18H2,1H3. The SMILES string of the molecule is Cc1cc(C(=O)N(Cc2ccccn2)C2CC2)ccc1N. The number of aromatic nitrogens is 1. The average molecular weight is 281 g/mol. The second kappa shape index (κ2) is 5.56. The molecule has 21 heavy (non-hydrogen) atoms. The van der Waals surface area contributed by atoms with E-state index in [0.717, 1.165) is 24.1 Å². The highest BCUT2D eigenvalue weighted by Gasteiger charge is 2.33. The first-order chi connectivity index (χ1) is 10.1. The van der Waals surface area contributed by atoms with Crippen LogP contribution in [0.5, 0.6) is 0 Å². The summed E-state index contributed by atoms with van der Waals surface area (Å²) in [5, 5.41) is 0. The molecular formula is C17H19N3O. The van der Waals surface area contributed by atoms with Gasteiger partial charge in [-0.25, -0.2) is 0 Å². The number of nitrogen functional groups attached to an aromatic ring is 1. The zero-order valence-corrected chi connectivity index (χ0v) is 12.1. The fourth-order valence-corrected chi connectivity index (χ4v) is 2.39. The molecule has 3 rings (SSSR count). The summed E-state index contributed by atoms with van der Waals surface area (Å²) in [6, 6.07) is 11.6. The predicted molar refractivity (Wildman–Crippen MR) is 82.7 cm³/mol. The van der Waals surface area contributed by atoms with Crippen molar-refractivity contribution in [1.82, 2.24) is 9.88 Å². The number of hydrogen-bond acceptors (Lipinski definition) is 3. The van der Waals surface area contributed by atoms with Gasteiger partial charge in [0.25, 0.3) is 5.91 Å². The third kappa shape index (κ3) is 3.05. The van der Waals surface area contributed by atoms with Gasteiger partial charge in [0.05, 0.1) is 12.2 Å². The summed E-state index contributed by atoms with van der Waals surface area (Å²) in [5.74, 6) is 0.0613. The maximum Gasteiger partial charge on any atom is 0.254 e. The van der Waals surface area contributed by atoms with E-state index in [2.05, 4.69) is 4.98 Å². The lowest BCUT2D eigenvalue weighted by molar-refractivity contribution is 0.0727. The van der Waals surface area contributed by atoms with Crippen LogP contribution in [0, 0.1) is 6.92 Å². The Bertz CT molecular complexity index is 650. The Hall–Kier alpha value is -2.36. The number of pyridine rings is 1. The molecule has 1 aromatic heterocycles. The molecule has 0 bridgehead atoms. The van der Waals surface area contributed by atoms with Crippen molar-refractivity contribution in [1.29, 1.82) is 0 Å². The van der Waals surface area contributed by atoms with Gasteiger partial charge >= 0.3 is 0 Å². The zero-order chi connectivity index (χ0) is 14.8. The molecule has 1 aliphatic rings. The lowest BCUT2D eigenvalue weighted by atomic mass is 10.1. The largest absolute Gasteiger partial charge is 0.399 e. The van der Waals surface area contributed by atoms with Crippen LogP contribution in [0.15, 0.2) is 42.6 Å². The molecule has 0 radical (unpaired) electrons. The molecule has 4 nitrogen and oxygen atoms in total. The van der Waals surface area contributed by atoms with Gasteiger partial charge in [0.15, 0.2) is 0 Å². The molecular weight excluding hydrogens is 262 g/mol. The molecule has 1 aliphatic carbocycles. The van der Waals surface area contributed by atoms with Crippen molar-refractivity contribution in [2.75, 3.05) is 5.73 Å². The number of carbonyl (C=O) groups is 1. The minimum atomic E-state index is 0.0613. The van der Waals surface area contributed by atoms with Crippen LogP contribution in [0.4, 0.5) is 5.69 Å².